The summed E-state index contributed by atoms with van der Waals surface area (Å²) in [6.07, 6.45) is 2.14. The van der Waals surface area contributed by atoms with Crippen molar-refractivity contribution in [3.05, 3.63) is 63.1 Å². The highest BCUT2D eigenvalue weighted by atomic mass is 19.1. The molecule has 1 aromatic carbocycles. The van der Waals surface area contributed by atoms with Gasteiger partial charge in [-0.15, -0.1) is 0 Å². The van der Waals surface area contributed by atoms with Gasteiger partial charge in [0, 0.05) is 43.5 Å². The predicted octanol–water partition coefficient (Wildman–Crippen LogP) is 0.935. The zero-order valence-electron chi connectivity index (χ0n) is 16.7. The van der Waals surface area contributed by atoms with E-state index >= 15 is 0 Å². The van der Waals surface area contributed by atoms with E-state index in [2.05, 4.69) is 10.2 Å². The first-order valence-corrected chi connectivity index (χ1v) is 9.99. The molecule has 31 heavy (non-hydrogen) atoms. The molecule has 1 N–H and O–H groups in total. The van der Waals surface area contributed by atoms with Crippen LogP contribution in [0.5, 0.6) is 5.75 Å². The van der Waals surface area contributed by atoms with Gasteiger partial charge in [0.25, 0.3) is 11.8 Å². The van der Waals surface area contributed by atoms with Crippen molar-refractivity contribution in [2.45, 2.75) is 31.7 Å². The van der Waals surface area contributed by atoms with E-state index < -0.39 is 23.0 Å². The summed E-state index contributed by atoms with van der Waals surface area (Å²) >= 11 is 0. The van der Waals surface area contributed by atoms with Crippen molar-refractivity contribution in [1.82, 2.24) is 19.7 Å². The standard InChI is InChI=1S/C21H20F2N4O4/c1-31-19-17-21(30)27-13-4-5-25(8-13)16(27)10-26(17)9-14(18(19)28)20(29)24-7-11-2-3-12(22)6-15(11)23/h2-3,6,9,13,16H,4-5,7-8,10H2,1H3,(H,24,29)/t13-,16?/m1/s1. The van der Waals surface area contributed by atoms with E-state index in [-0.39, 0.29) is 47.2 Å². The molecule has 3 atom stereocenters. The van der Waals surface area contributed by atoms with Crippen molar-refractivity contribution < 1.29 is 23.1 Å². The Bertz CT molecular complexity index is 1160. The number of carbonyl (C=O) groups is 2. The average Bonchev–Trinajstić information content (AvgIpc) is 3.35. The number of methoxy groups -OCH3 is 1. The Morgan fingerprint density at radius 3 is 2.81 bits per heavy atom. The summed E-state index contributed by atoms with van der Waals surface area (Å²) in [7, 11) is 1.28. The number of benzene rings is 1. The van der Waals surface area contributed by atoms with Crippen molar-refractivity contribution in [2.75, 3.05) is 20.2 Å². The van der Waals surface area contributed by atoms with Gasteiger partial charge in [0.2, 0.25) is 5.43 Å². The van der Waals surface area contributed by atoms with Crippen LogP contribution in [0, 0.1) is 11.6 Å². The molecule has 2 fully saturated rings. The molecule has 3 aliphatic rings. The molecule has 3 aliphatic heterocycles. The van der Waals surface area contributed by atoms with Crippen LogP contribution in [0.1, 0.15) is 32.8 Å². The van der Waals surface area contributed by atoms with E-state index in [1.807, 2.05) is 0 Å². The Morgan fingerprint density at radius 1 is 1.26 bits per heavy atom. The summed E-state index contributed by atoms with van der Waals surface area (Å²) < 4.78 is 33.8. The van der Waals surface area contributed by atoms with E-state index in [4.69, 9.17) is 4.74 Å². The van der Waals surface area contributed by atoms with Gasteiger partial charge in [0.1, 0.15) is 23.4 Å². The van der Waals surface area contributed by atoms with Crippen LogP contribution in [-0.4, -0.2) is 58.6 Å². The minimum Gasteiger partial charge on any atom is -0.491 e. The van der Waals surface area contributed by atoms with Crippen LogP contribution in [0.4, 0.5) is 8.78 Å². The van der Waals surface area contributed by atoms with Gasteiger partial charge in [-0.3, -0.25) is 19.3 Å². The van der Waals surface area contributed by atoms with Crippen LogP contribution in [0.3, 0.4) is 0 Å². The van der Waals surface area contributed by atoms with E-state index in [0.29, 0.717) is 6.54 Å². The smallest absolute Gasteiger partial charge is 0.276 e. The molecular weight excluding hydrogens is 410 g/mol. The Kier molecular flexibility index (Phi) is 4.54. The number of aromatic nitrogens is 1. The predicted molar refractivity (Wildman–Crippen MR) is 105 cm³/mol. The second-order valence-electron chi connectivity index (χ2n) is 7.96. The van der Waals surface area contributed by atoms with Crippen LogP contribution in [-0.2, 0) is 13.1 Å². The molecule has 0 saturated carbocycles. The van der Waals surface area contributed by atoms with Crippen LogP contribution >= 0.6 is 0 Å². The van der Waals surface area contributed by atoms with E-state index in [1.54, 1.807) is 9.47 Å². The summed E-state index contributed by atoms with van der Waals surface area (Å²) in [5.41, 5.74) is -0.691. The molecule has 8 nitrogen and oxygen atoms in total. The second kappa shape index (κ2) is 7.16. The van der Waals surface area contributed by atoms with E-state index in [9.17, 15) is 23.2 Å². The van der Waals surface area contributed by atoms with E-state index in [0.717, 1.165) is 31.6 Å². The van der Waals surface area contributed by atoms with Crippen molar-refractivity contribution >= 4 is 11.8 Å². The Morgan fingerprint density at radius 2 is 2.06 bits per heavy atom. The Labute approximate surface area is 176 Å². The molecule has 162 valence electrons. The Hall–Kier alpha value is -3.27. The molecule has 2 unspecified atom stereocenters. The minimum absolute atomic E-state index is 0.0837. The Balaban J connectivity index is 1.47. The monoisotopic (exact) mass is 430 g/mol. The molecule has 2 bridgehead atoms. The first-order valence-electron chi connectivity index (χ1n) is 9.99. The van der Waals surface area contributed by atoms with Gasteiger partial charge in [-0.25, -0.2) is 8.78 Å². The number of rotatable bonds is 4. The number of amides is 2. The number of nitrogens with zero attached hydrogens (tertiary/aromatic N) is 3. The maximum atomic E-state index is 13.8. The lowest BCUT2D eigenvalue weighted by Gasteiger charge is -2.41. The van der Waals surface area contributed by atoms with Crippen molar-refractivity contribution in [3.63, 3.8) is 0 Å². The van der Waals surface area contributed by atoms with Gasteiger partial charge in [0.05, 0.1) is 13.7 Å². The summed E-state index contributed by atoms with van der Waals surface area (Å²) in [6.45, 7) is 1.90. The van der Waals surface area contributed by atoms with Crippen molar-refractivity contribution in [1.29, 1.82) is 0 Å². The maximum absolute atomic E-state index is 13.8. The molecule has 2 saturated heterocycles. The van der Waals surface area contributed by atoms with Crippen molar-refractivity contribution in [2.24, 2.45) is 0 Å². The highest BCUT2D eigenvalue weighted by Gasteiger charge is 2.50. The lowest BCUT2D eigenvalue weighted by molar-refractivity contribution is 0.0318. The van der Waals surface area contributed by atoms with Gasteiger partial charge < -0.3 is 19.5 Å². The topological polar surface area (TPSA) is 83.9 Å². The fourth-order valence-electron chi connectivity index (χ4n) is 4.78. The largest absolute Gasteiger partial charge is 0.491 e. The zero-order valence-corrected chi connectivity index (χ0v) is 16.7. The molecule has 0 aliphatic carbocycles. The molecule has 2 amide bonds. The van der Waals surface area contributed by atoms with Crippen LogP contribution < -0.4 is 15.5 Å². The maximum Gasteiger partial charge on any atom is 0.276 e. The minimum atomic E-state index is -0.795. The molecule has 10 heteroatoms. The highest BCUT2D eigenvalue weighted by molar-refractivity contribution is 5.99. The fraction of sp³-hybridized carbons (Fsp3) is 0.381. The lowest BCUT2D eigenvalue weighted by atomic mass is 10.1. The van der Waals surface area contributed by atoms with Gasteiger partial charge in [0.15, 0.2) is 11.4 Å². The third kappa shape index (κ3) is 3.01. The number of pyridine rings is 1. The molecule has 0 radical (unpaired) electrons. The normalized spacial score (nSPS) is 23.5. The number of hydrogen-bond acceptors (Lipinski definition) is 5. The first-order chi connectivity index (χ1) is 14.9. The summed E-state index contributed by atoms with van der Waals surface area (Å²) in [5.74, 6) is -2.71. The number of ether oxygens (including phenoxy) is 1. The lowest BCUT2D eigenvalue weighted by Crippen LogP contribution is -2.55. The number of nitrogens with one attached hydrogen (secondary N) is 1. The average molecular weight is 430 g/mol. The third-order valence-corrected chi connectivity index (χ3v) is 6.27. The molecular formula is C21H20F2N4O4. The van der Waals surface area contributed by atoms with Crippen molar-refractivity contribution in [3.8, 4) is 5.75 Å². The van der Waals surface area contributed by atoms with E-state index in [1.165, 1.54) is 19.4 Å². The quantitative estimate of drug-likeness (QED) is 0.781. The van der Waals surface area contributed by atoms with Crippen LogP contribution in [0.25, 0.3) is 0 Å². The van der Waals surface area contributed by atoms with Gasteiger partial charge >= 0.3 is 0 Å². The van der Waals surface area contributed by atoms with Gasteiger partial charge in [-0.05, 0) is 12.5 Å². The van der Waals surface area contributed by atoms with Gasteiger partial charge in [-0.2, -0.15) is 0 Å². The summed E-state index contributed by atoms with van der Waals surface area (Å²) in [6, 6.07) is 3.16. The molecule has 0 spiro atoms. The summed E-state index contributed by atoms with van der Waals surface area (Å²) in [4.78, 5) is 42.8. The zero-order chi connectivity index (χ0) is 21.9. The SMILES string of the molecule is COc1c2n(cc(C(=O)NCc3ccc(F)cc3F)c1=O)CC1N3CC[C@H](C3)N1C2=O. The molecule has 5 rings (SSSR count). The number of fused-ring (bicyclic) bond motifs is 6. The van der Waals surface area contributed by atoms with Crippen LogP contribution in [0.2, 0.25) is 0 Å². The number of carbonyl (C=O) groups excluding carboxylic acids is 2. The highest BCUT2D eigenvalue weighted by Crippen LogP contribution is 2.36. The van der Waals surface area contributed by atoms with Crippen LogP contribution in [0.15, 0.2) is 29.2 Å². The summed E-state index contributed by atoms with van der Waals surface area (Å²) in [5, 5.41) is 2.48. The first kappa shape index (κ1) is 19.7. The fourth-order valence-corrected chi connectivity index (χ4v) is 4.78. The number of hydrogen-bond donors (Lipinski definition) is 1. The second-order valence-corrected chi connectivity index (χ2v) is 7.96. The van der Waals surface area contributed by atoms with Gasteiger partial charge in [-0.1, -0.05) is 6.07 Å². The number of halogens is 2. The molecule has 1 aromatic heterocycles. The molecule has 2 aromatic rings. The third-order valence-electron chi connectivity index (χ3n) is 6.27. The molecule has 4 heterocycles.